The van der Waals surface area contributed by atoms with Crippen LogP contribution in [0.4, 0.5) is 5.69 Å². The lowest BCUT2D eigenvalue weighted by atomic mass is 10.1. The van der Waals surface area contributed by atoms with Gasteiger partial charge in [0.25, 0.3) is 0 Å². The molecule has 1 N–H and O–H groups in total. The highest BCUT2D eigenvalue weighted by atomic mass is 16.6. The molecule has 2 heterocycles. The van der Waals surface area contributed by atoms with Crippen molar-refractivity contribution in [2.24, 2.45) is 0 Å². The van der Waals surface area contributed by atoms with Gasteiger partial charge in [0.1, 0.15) is 6.04 Å². The van der Waals surface area contributed by atoms with Crippen LogP contribution in [0.1, 0.15) is 31.6 Å². The number of carbonyl (C=O) groups excluding carboxylic acids is 1. The van der Waals surface area contributed by atoms with Crippen molar-refractivity contribution in [1.29, 1.82) is 0 Å². The van der Waals surface area contributed by atoms with Gasteiger partial charge in [-0.15, -0.1) is 0 Å². The summed E-state index contributed by atoms with van der Waals surface area (Å²) in [6.07, 6.45) is 2.27. The fraction of sp³-hybridized carbons (Fsp3) is 0.500. The van der Waals surface area contributed by atoms with E-state index in [4.69, 9.17) is 4.74 Å². The summed E-state index contributed by atoms with van der Waals surface area (Å²) in [5.41, 5.74) is 2.27. The molecule has 2 unspecified atom stereocenters. The lowest BCUT2D eigenvalue weighted by molar-refractivity contribution is -0.142. The molecule has 96 valence electrons. The predicted octanol–water partition coefficient (Wildman–Crippen LogP) is 1.82. The molecule has 1 aromatic rings. The van der Waals surface area contributed by atoms with Crippen LogP contribution in [0.3, 0.4) is 0 Å². The SMILES string of the molecule is CC1NC(c2ccc(N3CCCC3)cc2)OC1=O. The van der Waals surface area contributed by atoms with E-state index in [1.165, 1.54) is 18.5 Å². The maximum Gasteiger partial charge on any atom is 0.324 e. The van der Waals surface area contributed by atoms with Crippen LogP contribution in [-0.2, 0) is 9.53 Å². The van der Waals surface area contributed by atoms with E-state index in [1.807, 2.05) is 19.1 Å². The van der Waals surface area contributed by atoms with Crippen LogP contribution < -0.4 is 10.2 Å². The Bertz CT molecular complexity index is 438. The van der Waals surface area contributed by atoms with Gasteiger partial charge < -0.3 is 9.64 Å². The number of nitrogens with one attached hydrogen (secondary N) is 1. The Morgan fingerprint density at radius 2 is 1.89 bits per heavy atom. The number of carbonyl (C=O) groups is 1. The van der Waals surface area contributed by atoms with E-state index in [9.17, 15) is 4.79 Å². The van der Waals surface area contributed by atoms with Crippen molar-refractivity contribution < 1.29 is 9.53 Å². The fourth-order valence-electron chi connectivity index (χ4n) is 2.55. The van der Waals surface area contributed by atoms with E-state index in [1.54, 1.807) is 0 Å². The Balaban J connectivity index is 1.73. The molecule has 3 rings (SSSR count). The van der Waals surface area contributed by atoms with E-state index in [2.05, 4.69) is 22.3 Å². The van der Waals surface area contributed by atoms with Crippen LogP contribution in [0.5, 0.6) is 0 Å². The van der Waals surface area contributed by atoms with Crippen LogP contribution in [0.2, 0.25) is 0 Å². The van der Waals surface area contributed by atoms with Crippen molar-refractivity contribution in [3.05, 3.63) is 29.8 Å². The third-order valence-corrected chi connectivity index (χ3v) is 3.66. The molecular formula is C14H18N2O2. The molecule has 0 bridgehead atoms. The number of esters is 1. The zero-order valence-corrected chi connectivity index (χ0v) is 10.6. The number of anilines is 1. The largest absolute Gasteiger partial charge is 0.441 e. The van der Waals surface area contributed by atoms with Gasteiger partial charge in [0.2, 0.25) is 0 Å². The molecule has 0 saturated carbocycles. The van der Waals surface area contributed by atoms with Crippen molar-refractivity contribution in [1.82, 2.24) is 5.32 Å². The summed E-state index contributed by atoms with van der Waals surface area (Å²) >= 11 is 0. The maximum atomic E-state index is 11.3. The minimum absolute atomic E-state index is 0.177. The molecule has 0 aromatic heterocycles. The lowest BCUT2D eigenvalue weighted by Crippen LogP contribution is -2.24. The Morgan fingerprint density at radius 1 is 1.22 bits per heavy atom. The Hall–Kier alpha value is -1.55. The van der Waals surface area contributed by atoms with E-state index in [0.717, 1.165) is 18.7 Å². The quantitative estimate of drug-likeness (QED) is 0.808. The fourth-order valence-corrected chi connectivity index (χ4v) is 2.55. The van der Waals surface area contributed by atoms with Crippen LogP contribution in [0, 0.1) is 0 Å². The van der Waals surface area contributed by atoms with E-state index in [-0.39, 0.29) is 18.2 Å². The maximum absolute atomic E-state index is 11.3. The molecule has 0 radical (unpaired) electrons. The van der Waals surface area contributed by atoms with Crippen LogP contribution in [0.25, 0.3) is 0 Å². The highest BCUT2D eigenvalue weighted by Gasteiger charge is 2.30. The Morgan fingerprint density at radius 3 is 2.44 bits per heavy atom. The molecule has 0 aliphatic carbocycles. The third kappa shape index (κ3) is 2.08. The van der Waals surface area contributed by atoms with Gasteiger partial charge in [-0.3, -0.25) is 10.1 Å². The first-order chi connectivity index (χ1) is 8.74. The van der Waals surface area contributed by atoms with Gasteiger partial charge in [0, 0.05) is 24.3 Å². The summed E-state index contributed by atoms with van der Waals surface area (Å²) in [7, 11) is 0. The number of benzene rings is 1. The first-order valence-corrected chi connectivity index (χ1v) is 6.55. The monoisotopic (exact) mass is 246 g/mol. The standard InChI is InChI=1S/C14H18N2O2/c1-10-14(17)18-13(15-10)11-4-6-12(7-5-11)16-8-2-3-9-16/h4-7,10,13,15H,2-3,8-9H2,1H3. The van der Waals surface area contributed by atoms with Gasteiger partial charge in [0.15, 0.2) is 6.23 Å². The van der Waals surface area contributed by atoms with Gasteiger partial charge in [-0.25, -0.2) is 0 Å². The molecule has 2 fully saturated rings. The minimum Gasteiger partial charge on any atom is -0.441 e. The average Bonchev–Trinajstić information content (AvgIpc) is 3.01. The van der Waals surface area contributed by atoms with Crippen molar-refractivity contribution in [3.8, 4) is 0 Å². The van der Waals surface area contributed by atoms with Gasteiger partial charge in [-0.2, -0.15) is 0 Å². The van der Waals surface area contributed by atoms with Crippen LogP contribution in [-0.4, -0.2) is 25.1 Å². The van der Waals surface area contributed by atoms with Crippen LogP contribution >= 0.6 is 0 Å². The molecule has 1 aromatic carbocycles. The number of cyclic esters (lactones) is 1. The number of ether oxygens (including phenoxy) is 1. The van der Waals surface area contributed by atoms with Crippen molar-refractivity contribution in [2.45, 2.75) is 32.0 Å². The second-order valence-corrected chi connectivity index (χ2v) is 4.99. The van der Waals surface area contributed by atoms with E-state index < -0.39 is 0 Å². The zero-order valence-electron chi connectivity index (χ0n) is 10.6. The molecule has 2 saturated heterocycles. The summed E-state index contributed by atoms with van der Waals surface area (Å²) in [5.74, 6) is -0.177. The average molecular weight is 246 g/mol. The Kier molecular flexibility index (Phi) is 2.96. The van der Waals surface area contributed by atoms with Gasteiger partial charge >= 0.3 is 5.97 Å². The molecular weight excluding hydrogens is 228 g/mol. The number of rotatable bonds is 2. The molecule has 18 heavy (non-hydrogen) atoms. The predicted molar refractivity (Wildman–Crippen MR) is 69.3 cm³/mol. The normalized spacial score (nSPS) is 27.6. The third-order valence-electron chi connectivity index (χ3n) is 3.66. The van der Waals surface area contributed by atoms with E-state index >= 15 is 0 Å². The second-order valence-electron chi connectivity index (χ2n) is 4.99. The highest BCUT2D eigenvalue weighted by molar-refractivity contribution is 5.77. The summed E-state index contributed by atoms with van der Waals surface area (Å²) < 4.78 is 5.26. The van der Waals surface area contributed by atoms with E-state index in [0.29, 0.717) is 0 Å². The lowest BCUT2D eigenvalue weighted by Gasteiger charge is -2.18. The van der Waals surface area contributed by atoms with Crippen molar-refractivity contribution in [3.63, 3.8) is 0 Å². The molecule has 4 nitrogen and oxygen atoms in total. The second kappa shape index (κ2) is 4.61. The topological polar surface area (TPSA) is 41.6 Å². The van der Waals surface area contributed by atoms with Gasteiger partial charge in [0.05, 0.1) is 0 Å². The molecule has 4 heteroatoms. The van der Waals surface area contributed by atoms with Crippen LogP contribution in [0.15, 0.2) is 24.3 Å². The minimum atomic E-state index is -0.292. The number of hydrogen-bond acceptors (Lipinski definition) is 4. The first kappa shape index (κ1) is 11.5. The molecule has 0 amide bonds. The summed E-state index contributed by atoms with van der Waals surface area (Å²) in [6, 6.07) is 8.08. The number of nitrogens with zero attached hydrogens (tertiary/aromatic N) is 1. The number of hydrogen-bond donors (Lipinski definition) is 1. The van der Waals surface area contributed by atoms with Gasteiger partial charge in [-0.05, 0) is 31.9 Å². The molecule has 2 aliphatic rings. The first-order valence-electron chi connectivity index (χ1n) is 6.55. The van der Waals surface area contributed by atoms with Gasteiger partial charge in [-0.1, -0.05) is 12.1 Å². The molecule has 0 spiro atoms. The zero-order chi connectivity index (χ0) is 12.5. The summed E-state index contributed by atoms with van der Waals surface area (Å²) in [4.78, 5) is 13.7. The van der Waals surface area contributed by atoms with Crippen molar-refractivity contribution in [2.75, 3.05) is 18.0 Å². The molecule has 2 atom stereocenters. The smallest absolute Gasteiger partial charge is 0.324 e. The summed E-state index contributed by atoms with van der Waals surface area (Å²) in [6.45, 7) is 4.11. The molecule has 2 aliphatic heterocycles. The van der Waals surface area contributed by atoms with Crippen molar-refractivity contribution >= 4 is 11.7 Å². The highest BCUT2D eigenvalue weighted by Crippen LogP contribution is 2.25. The Labute approximate surface area is 107 Å². The summed E-state index contributed by atoms with van der Waals surface area (Å²) in [5, 5.41) is 3.12.